The Bertz CT molecular complexity index is 1320. The summed E-state index contributed by atoms with van der Waals surface area (Å²) in [5, 5.41) is 11.1. The Balaban J connectivity index is 1.96. The quantitative estimate of drug-likeness (QED) is 0.418. The molecule has 0 fully saturated rings. The standard InChI is InChI=1S/C18H12N6OS/c19-15-10(9-2-1-3-13-12(9)7-23-24-13)6-11(18-20-4-5-26-18)16-14(15)17(25)22-8-21-16/h1-8H,19H2,(H,23,24)(H,21,22,25). The van der Waals surface area contributed by atoms with Crippen LogP contribution in [0.2, 0.25) is 0 Å². The second-order valence-corrected chi connectivity index (χ2v) is 6.71. The van der Waals surface area contributed by atoms with Gasteiger partial charge in [-0.1, -0.05) is 12.1 Å². The number of hydrogen-bond donors (Lipinski definition) is 3. The number of anilines is 1. The fourth-order valence-electron chi connectivity index (χ4n) is 3.22. The number of hydrogen-bond acceptors (Lipinski definition) is 6. The number of nitrogen functional groups attached to an aromatic ring is 1. The molecule has 26 heavy (non-hydrogen) atoms. The Hall–Kier alpha value is -3.52. The van der Waals surface area contributed by atoms with Crippen LogP contribution in [-0.4, -0.2) is 25.1 Å². The lowest BCUT2D eigenvalue weighted by atomic mass is 9.95. The summed E-state index contributed by atoms with van der Waals surface area (Å²) in [6, 6.07) is 7.78. The average Bonchev–Trinajstić information content (AvgIpc) is 3.33. The molecule has 3 aromatic heterocycles. The molecule has 3 heterocycles. The molecule has 0 spiro atoms. The summed E-state index contributed by atoms with van der Waals surface area (Å²) < 4.78 is 0. The topological polar surface area (TPSA) is 113 Å². The average molecular weight is 360 g/mol. The highest BCUT2D eigenvalue weighted by atomic mass is 32.1. The Morgan fingerprint density at radius 3 is 2.88 bits per heavy atom. The van der Waals surface area contributed by atoms with Crippen LogP contribution >= 0.6 is 11.3 Å². The van der Waals surface area contributed by atoms with Crippen LogP contribution in [0.1, 0.15) is 0 Å². The van der Waals surface area contributed by atoms with E-state index in [9.17, 15) is 4.79 Å². The highest BCUT2D eigenvalue weighted by molar-refractivity contribution is 7.13. The first-order valence-corrected chi connectivity index (χ1v) is 8.74. The minimum Gasteiger partial charge on any atom is -0.398 e. The van der Waals surface area contributed by atoms with Crippen LogP contribution in [0.25, 0.3) is 43.5 Å². The monoisotopic (exact) mass is 360 g/mol. The first-order valence-electron chi connectivity index (χ1n) is 7.86. The zero-order valence-corrected chi connectivity index (χ0v) is 14.2. The maximum Gasteiger partial charge on any atom is 0.260 e. The normalized spacial score (nSPS) is 11.4. The van der Waals surface area contributed by atoms with E-state index < -0.39 is 0 Å². The summed E-state index contributed by atoms with van der Waals surface area (Å²) in [5.74, 6) is 0. The molecule has 0 unspecified atom stereocenters. The van der Waals surface area contributed by atoms with E-state index in [2.05, 4.69) is 25.1 Å². The van der Waals surface area contributed by atoms with E-state index in [1.807, 2.05) is 29.6 Å². The van der Waals surface area contributed by atoms with E-state index >= 15 is 0 Å². The zero-order chi connectivity index (χ0) is 17.7. The van der Waals surface area contributed by atoms with Gasteiger partial charge in [-0.25, -0.2) is 9.97 Å². The lowest BCUT2D eigenvalue weighted by Crippen LogP contribution is -2.10. The molecule has 2 aromatic carbocycles. The maximum atomic E-state index is 12.5. The molecule has 0 saturated carbocycles. The van der Waals surface area contributed by atoms with Crippen molar-refractivity contribution in [3.05, 3.63) is 58.7 Å². The van der Waals surface area contributed by atoms with Crippen molar-refractivity contribution in [2.24, 2.45) is 0 Å². The molecule has 0 aliphatic rings. The summed E-state index contributed by atoms with van der Waals surface area (Å²) in [6.07, 6.45) is 4.87. The Labute approximate surface area is 150 Å². The molecule has 0 atom stereocenters. The third-order valence-electron chi connectivity index (χ3n) is 4.39. The lowest BCUT2D eigenvalue weighted by Gasteiger charge is -2.12. The molecule has 0 amide bonds. The Kier molecular flexibility index (Phi) is 3.13. The molecule has 126 valence electrons. The van der Waals surface area contributed by atoms with Crippen LogP contribution in [-0.2, 0) is 0 Å². The summed E-state index contributed by atoms with van der Waals surface area (Å²) in [7, 11) is 0. The number of nitrogens with one attached hydrogen (secondary N) is 2. The van der Waals surface area contributed by atoms with Crippen LogP contribution in [0.3, 0.4) is 0 Å². The van der Waals surface area contributed by atoms with Crippen LogP contribution in [0.5, 0.6) is 0 Å². The number of aromatic nitrogens is 5. The van der Waals surface area contributed by atoms with E-state index in [0.717, 1.165) is 32.6 Å². The van der Waals surface area contributed by atoms with Gasteiger partial charge in [0.15, 0.2) is 0 Å². The SMILES string of the molecule is Nc1c(-c2cccc3[nH]ncc23)cc(-c2nccs2)c2nc[nH]c(=O)c12. The number of fused-ring (bicyclic) bond motifs is 2. The van der Waals surface area contributed by atoms with Crippen molar-refractivity contribution in [3.63, 3.8) is 0 Å². The first kappa shape index (κ1) is 14.8. The lowest BCUT2D eigenvalue weighted by molar-refractivity contribution is 1.12. The maximum absolute atomic E-state index is 12.5. The third-order valence-corrected chi connectivity index (χ3v) is 5.20. The summed E-state index contributed by atoms with van der Waals surface area (Å²) in [4.78, 5) is 23.9. The molecule has 0 saturated heterocycles. The minimum atomic E-state index is -0.272. The molecular formula is C18H12N6OS. The van der Waals surface area contributed by atoms with Gasteiger partial charge >= 0.3 is 0 Å². The number of thiazole rings is 1. The van der Waals surface area contributed by atoms with Crippen LogP contribution in [0, 0.1) is 0 Å². The molecule has 5 rings (SSSR count). The van der Waals surface area contributed by atoms with Crippen molar-refractivity contribution in [2.45, 2.75) is 0 Å². The number of nitrogens with zero attached hydrogens (tertiary/aromatic N) is 3. The fourth-order valence-corrected chi connectivity index (χ4v) is 3.88. The molecule has 8 heteroatoms. The van der Waals surface area contributed by atoms with E-state index in [0.29, 0.717) is 16.6 Å². The third kappa shape index (κ3) is 2.06. The van der Waals surface area contributed by atoms with Crippen LogP contribution in [0.15, 0.2) is 53.2 Å². The van der Waals surface area contributed by atoms with E-state index in [4.69, 9.17) is 5.73 Å². The van der Waals surface area contributed by atoms with E-state index in [-0.39, 0.29) is 5.56 Å². The van der Waals surface area contributed by atoms with Crippen molar-refractivity contribution in [2.75, 3.05) is 5.73 Å². The smallest absolute Gasteiger partial charge is 0.260 e. The predicted octanol–water partition coefficient (Wildman–Crippen LogP) is 3.17. The van der Waals surface area contributed by atoms with Crippen molar-refractivity contribution < 1.29 is 0 Å². The van der Waals surface area contributed by atoms with Gasteiger partial charge in [-0.2, -0.15) is 5.10 Å². The molecule has 4 N–H and O–H groups in total. The fraction of sp³-hybridized carbons (Fsp3) is 0. The highest BCUT2D eigenvalue weighted by Gasteiger charge is 2.19. The van der Waals surface area contributed by atoms with Gasteiger partial charge in [-0.05, 0) is 17.7 Å². The number of aromatic amines is 2. The molecule has 0 radical (unpaired) electrons. The molecule has 0 aliphatic heterocycles. The van der Waals surface area contributed by atoms with Gasteiger partial charge in [0.25, 0.3) is 5.56 Å². The van der Waals surface area contributed by atoms with Gasteiger partial charge in [0.1, 0.15) is 5.01 Å². The summed E-state index contributed by atoms with van der Waals surface area (Å²) in [6.45, 7) is 0. The van der Waals surface area contributed by atoms with E-state index in [1.165, 1.54) is 17.7 Å². The van der Waals surface area contributed by atoms with Crippen molar-refractivity contribution in [1.82, 2.24) is 25.1 Å². The van der Waals surface area contributed by atoms with Gasteiger partial charge in [-0.15, -0.1) is 11.3 Å². The second-order valence-electron chi connectivity index (χ2n) is 5.81. The van der Waals surface area contributed by atoms with Crippen LogP contribution in [0.4, 0.5) is 5.69 Å². The highest BCUT2D eigenvalue weighted by Crippen LogP contribution is 2.39. The zero-order valence-electron chi connectivity index (χ0n) is 13.4. The Morgan fingerprint density at radius 2 is 2.04 bits per heavy atom. The largest absolute Gasteiger partial charge is 0.398 e. The van der Waals surface area contributed by atoms with Crippen molar-refractivity contribution >= 4 is 38.8 Å². The van der Waals surface area contributed by atoms with Crippen LogP contribution < -0.4 is 11.3 Å². The summed E-state index contributed by atoms with van der Waals surface area (Å²) in [5.41, 5.74) is 10.4. The first-order chi connectivity index (χ1) is 12.7. The molecule has 0 aliphatic carbocycles. The molecule has 5 aromatic rings. The molecular weight excluding hydrogens is 348 g/mol. The summed E-state index contributed by atoms with van der Waals surface area (Å²) >= 11 is 1.49. The van der Waals surface area contributed by atoms with Gasteiger partial charge in [0.2, 0.25) is 0 Å². The number of nitrogens with two attached hydrogens (primary N) is 1. The van der Waals surface area contributed by atoms with Gasteiger partial charge in [0.05, 0.1) is 34.6 Å². The van der Waals surface area contributed by atoms with Gasteiger partial charge < -0.3 is 10.7 Å². The van der Waals surface area contributed by atoms with Crippen molar-refractivity contribution in [1.29, 1.82) is 0 Å². The van der Waals surface area contributed by atoms with Gasteiger partial charge in [-0.3, -0.25) is 9.89 Å². The van der Waals surface area contributed by atoms with E-state index in [1.54, 1.807) is 12.4 Å². The minimum absolute atomic E-state index is 0.272. The predicted molar refractivity (Wildman–Crippen MR) is 103 cm³/mol. The molecule has 7 nitrogen and oxygen atoms in total. The Morgan fingerprint density at radius 1 is 1.12 bits per heavy atom. The number of H-pyrrole nitrogens is 2. The second kappa shape index (κ2) is 5.50. The number of rotatable bonds is 2. The number of benzene rings is 2. The van der Waals surface area contributed by atoms with Crippen molar-refractivity contribution in [3.8, 4) is 21.7 Å². The molecule has 0 bridgehead atoms. The van der Waals surface area contributed by atoms with Gasteiger partial charge in [0, 0.05) is 28.1 Å².